The van der Waals surface area contributed by atoms with Crippen LogP contribution in [0.3, 0.4) is 0 Å². The third-order valence-electron chi connectivity index (χ3n) is 1.87. The summed E-state index contributed by atoms with van der Waals surface area (Å²) in [6.07, 6.45) is 3.60. The van der Waals surface area contributed by atoms with E-state index in [1.807, 2.05) is 24.7 Å². The second-order valence-corrected chi connectivity index (χ2v) is 2.85. The second-order valence-electron chi connectivity index (χ2n) is 2.85. The second kappa shape index (κ2) is 2.20. The Balaban J connectivity index is 2.90. The number of aromatic nitrogens is 3. The molecule has 12 heavy (non-hydrogen) atoms. The molecule has 0 spiro atoms. The highest BCUT2D eigenvalue weighted by molar-refractivity contribution is 5.88. The van der Waals surface area contributed by atoms with Crippen LogP contribution in [0.2, 0.25) is 0 Å². The number of rotatable bonds is 0. The minimum atomic E-state index is 0.729. The maximum atomic E-state index is 5.73. The van der Waals surface area contributed by atoms with Crippen LogP contribution in [0.25, 0.3) is 11.0 Å². The molecule has 0 aliphatic rings. The Morgan fingerprint density at radius 3 is 3.00 bits per heavy atom. The van der Waals surface area contributed by atoms with Crippen LogP contribution in [0.4, 0.5) is 5.69 Å². The van der Waals surface area contributed by atoms with Gasteiger partial charge in [-0.05, 0) is 6.92 Å². The lowest BCUT2D eigenvalue weighted by Gasteiger charge is -1.94. The summed E-state index contributed by atoms with van der Waals surface area (Å²) >= 11 is 0. The average molecular weight is 162 g/mol. The summed E-state index contributed by atoms with van der Waals surface area (Å²) in [7, 11) is 1.92. The van der Waals surface area contributed by atoms with Gasteiger partial charge in [0.2, 0.25) is 0 Å². The molecule has 0 bridgehead atoms. The molecule has 2 aromatic heterocycles. The summed E-state index contributed by atoms with van der Waals surface area (Å²) in [5, 5.41) is 0.920. The van der Waals surface area contributed by atoms with Gasteiger partial charge in [-0.15, -0.1) is 0 Å². The van der Waals surface area contributed by atoms with Gasteiger partial charge in [-0.2, -0.15) is 0 Å². The predicted molar refractivity (Wildman–Crippen MR) is 47.7 cm³/mol. The standard InChI is InChI=1S/C8H10N4/c1-5-10-3-6-7(9)4-12(2)8(6)11-5/h3-4H,9H2,1-2H3. The van der Waals surface area contributed by atoms with Crippen LogP contribution in [-0.4, -0.2) is 14.5 Å². The molecule has 4 nitrogen and oxygen atoms in total. The van der Waals surface area contributed by atoms with Crippen LogP contribution in [0.15, 0.2) is 12.4 Å². The van der Waals surface area contributed by atoms with Crippen molar-refractivity contribution in [3.8, 4) is 0 Å². The normalized spacial score (nSPS) is 10.8. The first-order valence-electron chi connectivity index (χ1n) is 3.72. The summed E-state index contributed by atoms with van der Waals surface area (Å²) < 4.78 is 1.90. The van der Waals surface area contributed by atoms with Gasteiger partial charge in [0.1, 0.15) is 11.5 Å². The van der Waals surface area contributed by atoms with Crippen LogP contribution in [0.5, 0.6) is 0 Å². The molecule has 0 saturated carbocycles. The molecule has 2 aromatic rings. The van der Waals surface area contributed by atoms with Crippen molar-refractivity contribution in [1.29, 1.82) is 0 Å². The van der Waals surface area contributed by atoms with Crippen molar-refractivity contribution in [2.75, 3.05) is 5.73 Å². The maximum Gasteiger partial charge on any atom is 0.145 e. The van der Waals surface area contributed by atoms with Gasteiger partial charge >= 0.3 is 0 Å². The van der Waals surface area contributed by atoms with Crippen LogP contribution >= 0.6 is 0 Å². The fraction of sp³-hybridized carbons (Fsp3) is 0.250. The number of aryl methyl sites for hydroxylation is 2. The molecule has 2 rings (SSSR count). The Morgan fingerprint density at radius 1 is 1.50 bits per heavy atom. The van der Waals surface area contributed by atoms with E-state index in [2.05, 4.69) is 9.97 Å². The lowest BCUT2D eigenvalue weighted by atomic mass is 10.4. The molecule has 2 N–H and O–H groups in total. The van der Waals surface area contributed by atoms with Crippen molar-refractivity contribution in [2.45, 2.75) is 6.92 Å². The predicted octanol–water partition coefficient (Wildman–Crippen LogP) is 0.859. The van der Waals surface area contributed by atoms with E-state index >= 15 is 0 Å². The number of hydrogen-bond donors (Lipinski definition) is 1. The van der Waals surface area contributed by atoms with Gasteiger partial charge in [0.15, 0.2) is 0 Å². The molecular weight excluding hydrogens is 152 g/mol. The number of nitrogen functional groups attached to an aromatic ring is 1. The molecule has 4 heteroatoms. The van der Waals surface area contributed by atoms with Crippen LogP contribution < -0.4 is 5.73 Å². The maximum absolute atomic E-state index is 5.73. The molecule has 62 valence electrons. The van der Waals surface area contributed by atoms with Gasteiger partial charge in [0, 0.05) is 19.4 Å². The van der Waals surface area contributed by atoms with Gasteiger partial charge in [-0.25, -0.2) is 9.97 Å². The van der Waals surface area contributed by atoms with Crippen LogP contribution in [-0.2, 0) is 7.05 Å². The molecular formula is C8H10N4. The Bertz CT molecular complexity index is 430. The van der Waals surface area contributed by atoms with E-state index in [9.17, 15) is 0 Å². The number of fused-ring (bicyclic) bond motifs is 1. The summed E-state index contributed by atoms with van der Waals surface area (Å²) in [5.41, 5.74) is 7.34. The molecule has 0 aliphatic heterocycles. The Morgan fingerprint density at radius 2 is 2.25 bits per heavy atom. The van der Waals surface area contributed by atoms with Crippen molar-refractivity contribution >= 4 is 16.7 Å². The van der Waals surface area contributed by atoms with E-state index in [-0.39, 0.29) is 0 Å². The molecule has 0 unspecified atom stereocenters. The highest BCUT2D eigenvalue weighted by atomic mass is 15.0. The van der Waals surface area contributed by atoms with E-state index in [0.29, 0.717) is 0 Å². The smallest absolute Gasteiger partial charge is 0.145 e. The molecule has 0 aromatic carbocycles. The van der Waals surface area contributed by atoms with Gasteiger partial charge in [-0.1, -0.05) is 0 Å². The SMILES string of the molecule is Cc1ncc2c(N)cn(C)c2n1. The third kappa shape index (κ3) is 0.845. The first kappa shape index (κ1) is 7.09. The van der Waals surface area contributed by atoms with Crippen molar-refractivity contribution < 1.29 is 0 Å². The summed E-state index contributed by atoms with van der Waals surface area (Å²) in [5.74, 6) is 0.767. The monoisotopic (exact) mass is 162 g/mol. The first-order chi connectivity index (χ1) is 5.68. The fourth-order valence-electron chi connectivity index (χ4n) is 1.27. The largest absolute Gasteiger partial charge is 0.397 e. The molecule has 0 aliphatic carbocycles. The minimum Gasteiger partial charge on any atom is -0.397 e. The van der Waals surface area contributed by atoms with Crippen molar-refractivity contribution in [3.63, 3.8) is 0 Å². The van der Waals surface area contributed by atoms with Gasteiger partial charge in [0.25, 0.3) is 0 Å². The molecule has 0 amide bonds. The fourth-order valence-corrected chi connectivity index (χ4v) is 1.27. The van der Waals surface area contributed by atoms with Gasteiger partial charge in [-0.3, -0.25) is 0 Å². The molecule has 0 fully saturated rings. The van der Waals surface area contributed by atoms with Gasteiger partial charge in [0.05, 0.1) is 11.1 Å². The minimum absolute atomic E-state index is 0.729. The Kier molecular flexibility index (Phi) is 1.30. The summed E-state index contributed by atoms with van der Waals surface area (Å²) in [4.78, 5) is 8.34. The van der Waals surface area contributed by atoms with Crippen molar-refractivity contribution in [3.05, 3.63) is 18.2 Å². The zero-order valence-electron chi connectivity index (χ0n) is 7.07. The van der Waals surface area contributed by atoms with E-state index in [1.165, 1.54) is 0 Å². The first-order valence-corrected chi connectivity index (χ1v) is 3.72. The number of anilines is 1. The van der Waals surface area contributed by atoms with Crippen molar-refractivity contribution in [2.24, 2.45) is 7.05 Å². The van der Waals surface area contributed by atoms with Crippen LogP contribution in [0, 0.1) is 6.92 Å². The van der Waals surface area contributed by atoms with Crippen molar-refractivity contribution in [1.82, 2.24) is 14.5 Å². The number of nitrogens with zero attached hydrogens (tertiary/aromatic N) is 3. The highest BCUT2D eigenvalue weighted by Crippen LogP contribution is 2.19. The topological polar surface area (TPSA) is 56.7 Å². The Labute approximate surface area is 70.0 Å². The highest BCUT2D eigenvalue weighted by Gasteiger charge is 2.04. The third-order valence-corrected chi connectivity index (χ3v) is 1.87. The van der Waals surface area contributed by atoms with E-state index < -0.39 is 0 Å². The number of hydrogen-bond acceptors (Lipinski definition) is 3. The van der Waals surface area contributed by atoms with E-state index in [1.54, 1.807) is 6.20 Å². The molecule has 0 saturated heterocycles. The number of nitrogens with two attached hydrogens (primary N) is 1. The lowest BCUT2D eigenvalue weighted by molar-refractivity contribution is 0.932. The zero-order chi connectivity index (χ0) is 8.72. The zero-order valence-corrected chi connectivity index (χ0v) is 7.07. The summed E-state index contributed by atoms with van der Waals surface area (Å²) in [6, 6.07) is 0. The molecule has 0 radical (unpaired) electrons. The van der Waals surface area contributed by atoms with E-state index in [4.69, 9.17) is 5.73 Å². The van der Waals surface area contributed by atoms with E-state index in [0.717, 1.165) is 22.5 Å². The molecule has 0 atom stereocenters. The average Bonchev–Trinajstić information content (AvgIpc) is 2.28. The Hall–Kier alpha value is -1.58. The van der Waals surface area contributed by atoms with Crippen LogP contribution in [0.1, 0.15) is 5.82 Å². The molecule has 2 heterocycles. The van der Waals surface area contributed by atoms with Gasteiger partial charge < -0.3 is 10.3 Å². The summed E-state index contributed by atoms with van der Waals surface area (Å²) in [6.45, 7) is 1.86. The lowest BCUT2D eigenvalue weighted by Crippen LogP contribution is -1.91. The quantitative estimate of drug-likeness (QED) is 0.625.